The van der Waals surface area contributed by atoms with Gasteiger partial charge in [0.15, 0.2) is 0 Å². The molecule has 0 nitrogen and oxygen atoms in total. The van der Waals surface area contributed by atoms with Crippen LogP contribution in [0.5, 0.6) is 0 Å². The quantitative estimate of drug-likeness (QED) is 0.258. The van der Waals surface area contributed by atoms with E-state index in [4.69, 9.17) is 0 Å². The highest BCUT2D eigenvalue weighted by Crippen LogP contribution is 2.39. The molecule has 162 valence electrons. The van der Waals surface area contributed by atoms with Crippen LogP contribution in [0.1, 0.15) is 94.6 Å². The van der Waals surface area contributed by atoms with Crippen molar-refractivity contribution in [3.63, 3.8) is 0 Å². The lowest BCUT2D eigenvalue weighted by Crippen LogP contribution is -2.14. The molecule has 0 amide bonds. The Hall–Kier alpha value is -1.89. The largest absolute Gasteiger partial charge is 0.207 e. The summed E-state index contributed by atoms with van der Waals surface area (Å²) < 4.78 is 15.0. The predicted molar refractivity (Wildman–Crippen MR) is 128 cm³/mol. The van der Waals surface area contributed by atoms with Gasteiger partial charge in [-0.1, -0.05) is 87.9 Å². The number of benzene rings is 2. The second-order valence-corrected chi connectivity index (χ2v) is 9.18. The van der Waals surface area contributed by atoms with Gasteiger partial charge in [0, 0.05) is 0 Å². The first-order valence-corrected chi connectivity index (χ1v) is 12.2. The zero-order valence-corrected chi connectivity index (χ0v) is 18.8. The molecule has 0 unspecified atom stereocenters. The van der Waals surface area contributed by atoms with Crippen LogP contribution in [0.15, 0.2) is 55.1 Å². The number of aryl methyl sites for hydroxylation is 1. The van der Waals surface area contributed by atoms with Crippen LogP contribution in [0.25, 0.3) is 11.1 Å². The summed E-state index contributed by atoms with van der Waals surface area (Å²) in [6, 6.07) is 14.4. The van der Waals surface area contributed by atoms with E-state index in [9.17, 15) is 4.39 Å². The van der Waals surface area contributed by atoms with Crippen LogP contribution in [0, 0.1) is 11.7 Å². The molecular weight excluding hydrogens is 367 g/mol. The minimum atomic E-state index is -0.0220. The summed E-state index contributed by atoms with van der Waals surface area (Å²) in [4.78, 5) is 0. The number of unbranched alkanes of at least 4 members (excludes halogenated alkanes) is 4. The van der Waals surface area contributed by atoms with Gasteiger partial charge in [0.2, 0.25) is 0 Å². The second kappa shape index (κ2) is 12.1. The maximum Gasteiger partial charge on any atom is 0.127 e. The molecule has 1 aliphatic rings. The first-order valence-electron chi connectivity index (χ1n) is 12.2. The summed E-state index contributed by atoms with van der Waals surface area (Å²) in [5.74, 6) is 1.24. The summed E-state index contributed by atoms with van der Waals surface area (Å²) in [5, 5.41) is 0. The molecule has 0 N–H and O–H groups in total. The van der Waals surface area contributed by atoms with Gasteiger partial charge in [-0.05, 0) is 78.7 Å². The van der Waals surface area contributed by atoms with Gasteiger partial charge in [-0.2, -0.15) is 0 Å². The Morgan fingerprint density at radius 3 is 2.27 bits per heavy atom. The van der Waals surface area contributed by atoms with E-state index in [1.165, 1.54) is 56.9 Å². The number of halogens is 1. The molecule has 3 rings (SSSR count). The fourth-order valence-corrected chi connectivity index (χ4v) is 4.97. The highest BCUT2D eigenvalue weighted by molar-refractivity contribution is 5.64. The second-order valence-electron chi connectivity index (χ2n) is 9.18. The molecule has 0 spiro atoms. The lowest BCUT2D eigenvalue weighted by atomic mass is 9.76. The van der Waals surface area contributed by atoms with Crippen LogP contribution in [-0.4, -0.2) is 0 Å². The first kappa shape index (κ1) is 22.8. The third kappa shape index (κ3) is 6.56. The summed E-state index contributed by atoms with van der Waals surface area (Å²) in [6.45, 7) is 6.05. The fourth-order valence-electron chi connectivity index (χ4n) is 4.97. The maximum absolute atomic E-state index is 15.0. The van der Waals surface area contributed by atoms with Crippen molar-refractivity contribution in [3.05, 3.63) is 72.1 Å². The average Bonchev–Trinajstić information content (AvgIpc) is 2.78. The molecule has 0 atom stereocenters. The Kier molecular flexibility index (Phi) is 9.18. The van der Waals surface area contributed by atoms with Crippen molar-refractivity contribution in [1.82, 2.24) is 0 Å². The predicted octanol–water partition coefficient (Wildman–Crippen LogP) is 9.25. The van der Waals surface area contributed by atoms with E-state index >= 15 is 0 Å². The third-order valence-electron chi connectivity index (χ3n) is 6.93. The van der Waals surface area contributed by atoms with Gasteiger partial charge in [0.1, 0.15) is 5.82 Å². The van der Waals surface area contributed by atoms with Gasteiger partial charge < -0.3 is 0 Å². The molecule has 0 bridgehead atoms. The van der Waals surface area contributed by atoms with E-state index in [1.807, 2.05) is 12.1 Å². The van der Waals surface area contributed by atoms with Crippen LogP contribution >= 0.6 is 0 Å². The van der Waals surface area contributed by atoms with E-state index in [-0.39, 0.29) is 5.82 Å². The van der Waals surface area contributed by atoms with Crippen LogP contribution in [-0.2, 0) is 6.42 Å². The van der Waals surface area contributed by atoms with Crippen molar-refractivity contribution in [2.24, 2.45) is 5.92 Å². The zero-order valence-electron chi connectivity index (χ0n) is 18.8. The Bertz CT molecular complexity index is 765. The van der Waals surface area contributed by atoms with Crippen molar-refractivity contribution in [1.29, 1.82) is 0 Å². The Balaban J connectivity index is 1.53. The number of allylic oxidation sites excluding steroid dienone is 1. The molecule has 0 radical (unpaired) electrons. The molecule has 0 saturated heterocycles. The van der Waals surface area contributed by atoms with Gasteiger partial charge in [-0.15, -0.1) is 6.58 Å². The average molecular weight is 407 g/mol. The van der Waals surface area contributed by atoms with Crippen LogP contribution in [0.3, 0.4) is 0 Å². The minimum absolute atomic E-state index is 0.0220. The zero-order chi connectivity index (χ0) is 21.2. The number of rotatable bonds is 11. The SMILES string of the molecule is C=CCCc1ccc(-c2ccc(C3CCC(CCCCCCC)CC3)c(F)c2)cc1. The van der Waals surface area contributed by atoms with Gasteiger partial charge in [-0.3, -0.25) is 0 Å². The smallest absolute Gasteiger partial charge is 0.127 e. The van der Waals surface area contributed by atoms with Crippen LogP contribution in [0.2, 0.25) is 0 Å². The molecular formula is C29H39F. The molecule has 0 aliphatic heterocycles. The van der Waals surface area contributed by atoms with Crippen molar-refractivity contribution >= 4 is 0 Å². The van der Waals surface area contributed by atoms with E-state index < -0.39 is 0 Å². The monoisotopic (exact) mass is 406 g/mol. The van der Waals surface area contributed by atoms with Crippen molar-refractivity contribution in [2.45, 2.75) is 89.9 Å². The molecule has 0 heterocycles. The normalized spacial score (nSPS) is 19.0. The Morgan fingerprint density at radius 2 is 1.60 bits per heavy atom. The molecule has 0 aromatic heterocycles. The standard InChI is InChI=1S/C29H39F/c1-3-5-7-8-9-11-24-14-18-26(19-15-24)28-21-20-27(22-29(28)30)25-16-12-23(13-17-25)10-6-4-2/h4,12-13,16-17,20-22,24,26H,2-3,5-11,14-15,18-19H2,1H3. The number of hydrogen-bond donors (Lipinski definition) is 0. The van der Waals surface area contributed by atoms with Crippen molar-refractivity contribution < 1.29 is 4.39 Å². The highest BCUT2D eigenvalue weighted by Gasteiger charge is 2.24. The molecule has 1 aliphatic carbocycles. The van der Waals surface area contributed by atoms with Gasteiger partial charge in [0.25, 0.3) is 0 Å². The first-order chi connectivity index (χ1) is 14.7. The number of hydrogen-bond acceptors (Lipinski definition) is 0. The maximum atomic E-state index is 15.0. The molecule has 30 heavy (non-hydrogen) atoms. The third-order valence-corrected chi connectivity index (χ3v) is 6.93. The molecule has 2 aromatic carbocycles. The topological polar surface area (TPSA) is 0 Å². The summed E-state index contributed by atoms with van der Waals surface area (Å²) >= 11 is 0. The molecule has 1 saturated carbocycles. The van der Waals surface area contributed by atoms with Gasteiger partial charge >= 0.3 is 0 Å². The Labute approximate surface area is 183 Å². The van der Waals surface area contributed by atoms with E-state index in [0.717, 1.165) is 48.3 Å². The van der Waals surface area contributed by atoms with E-state index in [2.05, 4.69) is 43.8 Å². The van der Waals surface area contributed by atoms with Crippen LogP contribution in [0.4, 0.5) is 4.39 Å². The molecule has 2 aromatic rings. The van der Waals surface area contributed by atoms with E-state index in [0.29, 0.717) is 5.92 Å². The Morgan fingerprint density at radius 1 is 0.900 bits per heavy atom. The van der Waals surface area contributed by atoms with Gasteiger partial charge in [0.05, 0.1) is 0 Å². The minimum Gasteiger partial charge on any atom is -0.207 e. The lowest BCUT2D eigenvalue weighted by Gasteiger charge is -2.29. The van der Waals surface area contributed by atoms with Gasteiger partial charge in [-0.25, -0.2) is 4.39 Å². The highest BCUT2D eigenvalue weighted by atomic mass is 19.1. The van der Waals surface area contributed by atoms with E-state index in [1.54, 1.807) is 6.07 Å². The molecule has 1 heteroatoms. The summed E-state index contributed by atoms with van der Waals surface area (Å²) in [5.41, 5.74) is 4.31. The van der Waals surface area contributed by atoms with Crippen molar-refractivity contribution in [2.75, 3.05) is 0 Å². The lowest BCUT2D eigenvalue weighted by molar-refractivity contribution is 0.298. The van der Waals surface area contributed by atoms with Crippen LogP contribution < -0.4 is 0 Å². The summed E-state index contributed by atoms with van der Waals surface area (Å²) in [7, 11) is 0. The summed E-state index contributed by atoms with van der Waals surface area (Å²) in [6.07, 6.45) is 17.0. The van der Waals surface area contributed by atoms with Crippen molar-refractivity contribution in [3.8, 4) is 11.1 Å². The fraction of sp³-hybridized carbons (Fsp3) is 0.517. The molecule has 1 fully saturated rings.